The molecule has 1 heterocycles. The number of hydrogen-bond acceptors (Lipinski definition) is 2. The molecule has 2 rings (SSSR count). The molecule has 2 N–H and O–H groups in total. The van der Waals surface area contributed by atoms with Crippen molar-refractivity contribution in [2.45, 2.75) is 18.9 Å². The molecular weight excluding hydrogens is 230 g/mol. The third-order valence-electron chi connectivity index (χ3n) is 2.29. The highest BCUT2D eigenvalue weighted by Crippen LogP contribution is 2.32. The average molecular weight is 242 g/mol. The van der Waals surface area contributed by atoms with Crippen LogP contribution in [0.2, 0.25) is 0 Å². The Morgan fingerprint density at radius 1 is 1.46 bits per heavy atom. The van der Waals surface area contributed by atoms with Gasteiger partial charge in [0.15, 0.2) is 0 Å². The lowest BCUT2D eigenvalue weighted by molar-refractivity contribution is 0.316. The fourth-order valence-corrected chi connectivity index (χ4v) is 1.92. The lowest BCUT2D eigenvalue weighted by Gasteiger charge is -2.11. The fraction of sp³-hybridized carbons (Fsp3) is 0.400. The predicted molar refractivity (Wildman–Crippen MR) is 55.8 cm³/mol. The van der Waals surface area contributed by atoms with Gasteiger partial charge in [-0.1, -0.05) is 22.0 Å². The van der Waals surface area contributed by atoms with E-state index in [4.69, 9.17) is 10.5 Å². The highest BCUT2D eigenvalue weighted by atomic mass is 79.9. The largest absolute Gasteiger partial charge is 0.493 e. The second-order valence-electron chi connectivity index (χ2n) is 3.28. The maximum absolute atomic E-state index is 6.00. The first-order valence-electron chi connectivity index (χ1n) is 4.45. The van der Waals surface area contributed by atoms with Crippen LogP contribution in [0.4, 0.5) is 0 Å². The summed E-state index contributed by atoms with van der Waals surface area (Å²) in [5.74, 6) is 0.930. The molecule has 2 nitrogen and oxygen atoms in total. The summed E-state index contributed by atoms with van der Waals surface area (Å²) in [6.07, 6.45) is 2.04. The lowest BCUT2D eigenvalue weighted by Crippen LogP contribution is -2.08. The van der Waals surface area contributed by atoms with Crippen LogP contribution >= 0.6 is 15.9 Å². The number of rotatable bonds is 0. The molecule has 0 saturated carbocycles. The van der Waals surface area contributed by atoms with E-state index in [2.05, 4.69) is 15.9 Å². The maximum Gasteiger partial charge on any atom is 0.125 e. The highest BCUT2D eigenvalue weighted by molar-refractivity contribution is 9.10. The summed E-state index contributed by atoms with van der Waals surface area (Å²) in [5.41, 5.74) is 7.13. The van der Waals surface area contributed by atoms with Gasteiger partial charge in [0.25, 0.3) is 0 Å². The monoisotopic (exact) mass is 241 g/mol. The SMILES string of the molecule is NC1CCCOc2cc(Br)ccc21. The summed E-state index contributed by atoms with van der Waals surface area (Å²) in [6.45, 7) is 0.775. The van der Waals surface area contributed by atoms with Crippen molar-refractivity contribution in [3.8, 4) is 5.75 Å². The second kappa shape index (κ2) is 3.68. The Balaban J connectivity index is 2.42. The van der Waals surface area contributed by atoms with Crippen molar-refractivity contribution < 1.29 is 4.74 Å². The van der Waals surface area contributed by atoms with Crippen LogP contribution in [0.3, 0.4) is 0 Å². The van der Waals surface area contributed by atoms with E-state index in [0.717, 1.165) is 35.2 Å². The van der Waals surface area contributed by atoms with Crippen molar-refractivity contribution >= 4 is 15.9 Å². The lowest BCUT2D eigenvalue weighted by atomic mass is 10.0. The Bertz CT molecular complexity index is 314. The standard InChI is InChI=1S/C10H12BrNO/c11-7-3-4-8-9(12)2-1-5-13-10(8)6-7/h3-4,6,9H,1-2,5,12H2. The van der Waals surface area contributed by atoms with Crippen molar-refractivity contribution in [1.82, 2.24) is 0 Å². The molecule has 0 bridgehead atoms. The average Bonchev–Trinajstić information content (AvgIpc) is 2.28. The van der Waals surface area contributed by atoms with Gasteiger partial charge in [0, 0.05) is 16.1 Å². The molecule has 0 saturated heterocycles. The van der Waals surface area contributed by atoms with E-state index in [1.54, 1.807) is 0 Å². The van der Waals surface area contributed by atoms with E-state index in [1.165, 1.54) is 0 Å². The van der Waals surface area contributed by atoms with Gasteiger partial charge >= 0.3 is 0 Å². The third kappa shape index (κ3) is 1.86. The quantitative estimate of drug-likeness (QED) is 0.758. The molecule has 70 valence electrons. The van der Waals surface area contributed by atoms with Crippen LogP contribution in [0, 0.1) is 0 Å². The number of ether oxygens (including phenoxy) is 1. The topological polar surface area (TPSA) is 35.2 Å². The van der Waals surface area contributed by atoms with Gasteiger partial charge in [-0.2, -0.15) is 0 Å². The van der Waals surface area contributed by atoms with Crippen LogP contribution in [0.15, 0.2) is 22.7 Å². The van der Waals surface area contributed by atoms with Gasteiger partial charge < -0.3 is 10.5 Å². The Morgan fingerprint density at radius 3 is 3.15 bits per heavy atom. The van der Waals surface area contributed by atoms with Crippen LogP contribution in [0.1, 0.15) is 24.4 Å². The van der Waals surface area contributed by atoms with Gasteiger partial charge in [0.1, 0.15) is 5.75 Å². The molecule has 1 atom stereocenters. The molecule has 1 aliphatic rings. The Hall–Kier alpha value is -0.540. The molecule has 3 heteroatoms. The molecule has 13 heavy (non-hydrogen) atoms. The van der Waals surface area contributed by atoms with Crippen molar-refractivity contribution in [3.05, 3.63) is 28.2 Å². The van der Waals surface area contributed by atoms with Crippen molar-refractivity contribution in [1.29, 1.82) is 0 Å². The Labute approximate surface area is 86.2 Å². The second-order valence-corrected chi connectivity index (χ2v) is 4.20. The number of nitrogens with two attached hydrogens (primary N) is 1. The van der Waals surface area contributed by atoms with E-state index < -0.39 is 0 Å². The predicted octanol–water partition coefficient (Wildman–Crippen LogP) is 2.62. The summed E-state index contributed by atoms with van der Waals surface area (Å²) in [7, 11) is 0. The van der Waals surface area contributed by atoms with E-state index in [0.29, 0.717) is 0 Å². The number of fused-ring (bicyclic) bond motifs is 1. The normalized spacial score (nSPS) is 21.5. The van der Waals surface area contributed by atoms with Crippen LogP contribution in [0.25, 0.3) is 0 Å². The first kappa shape index (κ1) is 9.03. The van der Waals surface area contributed by atoms with Crippen molar-refractivity contribution in [2.24, 2.45) is 5.73 Å². The first-order valence-corrected chi connectivity index (χ1v) is 5.24. The van der Waals surface area contributed by atoms with E-state index in [1.807, 2.05) is 18.2 Å². The van der Waals surface area contributed by atoms with E-state index in [-0.39, 0.29) is 6.04 Å². The molecule has 0 amide bonds. The number of halogens is 1. The molecule has 1 unspecified atom stereocenters. The minimum Gasteiger partial charge on any atom is -0.493 e. The van der Waals surface area contributed by atoms with Gasteiger partial charge in [-0.3, -0.25) is 0 Å². The zero-order valence-corrected chi connectivity index (χ0v) is 8.88. The molecule has 0 aliphatic carbocycles. The Morgan fingerprint density at radius 2 is 2.31 bits per heavy atom. The summed E-state index contributed by atoms with van der Waals surface area (Å²) in [5, 5.41) is 0. The molecule has 0 aromatic heterocycles. The zero-order chi connectivity index (χ0) is 9.26. The molecule has 0 spiro atoms. The van der Waals surface area contributed by atoms with Crippen LogP contribution < -0.4 is 10.5 Å². The first-order chi connectivity index (χ1) is 6.27. The highest BCUT2D eigenvalue weighted by Gasteiger charge is 2.15. The molecule has 0 radical (unpaired) electrons. The third-order valence-corrected chi connectivity index (χ3v) is 2.79. The zero-order valence-electron chi connectivity index (χ0n) is 7.29. The molecule has 1 aliphatic heterocycles. The number of benzene rings is 1. The van der Waals surface area contributed by atoms with Gasteiger partial charge in [-0.05, 0) is 25.0 Å². The maximum atomic E-state index is 6.00. The summed E-state index contributed by atoms with van der Waals surface area (Å²) < 4.78 is 6.63. The fourth-order valence-electron chi connectivity index (χ4n) is 1.58. The van der Waals surface area contributed by atoms with Crippen LogP contribution in [-0.2, 0) is 0 Å². The van der Waals surface area contributed by atoms with E-state index in [9.17, 15) is 0 Å². The smallest absolute Gasteiger partial charge is 0.125 e. The van der Waals surface area contributed by atoms with Crippen LogP contribution in [0.5, 0.6) is 5.75 Å². The van der Waals surface area contributed by atoms with Gasteiger partial charge in [-0.15, -0.1) is 0 Å². The molecular formula is C10H12BrNO. The van der Waals surface area contributed by atoms with Crippen molar-refractivity contribution in [3.63, 3.8) is 0 Å². The van der Waals surface area contributed by atoms with Gasteiger partial charge in [-0.25, -0.2) is 0 Å². The molecule has 0 fully saturated rings. The van der Waals surface area contributed by atoms with E-state index >= 15 is 0 Å². The minimum absolute atomic E-state index is 0.130. The van der Waals surface area contributed by atoms with Crippen LogP contribution in [-0.4, -0.2) is 6.61 Å². The number of hydrogen-bond donors (Lipinski definition) is 1. The summed E-state index contributed by atoms with van der Waals surface area (Å²) in [4.78, 5) is 0. The molecule has 1 aromatic carbocycles. The summed E-state index contributed by atoms with van der Waals surface area (Å²) >= 11 is 3.42. The Kier molecular flexibility index (Phi) is 2.56. The van der Waals surface area contributed by atoms with Gasteiger partial charge in [0.05, 0.1) is 6.61 Å². The summed E-state index contributed by atoms with van der Waals surface area (Å²) in [6, 6.07) is 6.16. The minimum atomic E-state index is 0.130. The van der Waals surface area contributed by atoms with Crippen molar-refractivity contribution in [2.75, 3.05) is 6.61 Å². The van der Waals surface area contributed by atoms with Gasteiger partial charge in [0.2, 0.25) is 0 Å². The molecule has 1 aromatic rings.